The molecule has 3 nitrogen and oxygen atoms in total. The van der Waals surface area contributed by atoms with Crippen LogP contribution in [0.3, 0.4) is 0 Å². The molecule has 124 valence electrons. The molecule has 0 saturated carbocycles. The highest BCUT2D eigenvalue weighted by Crippen LogP contribution is 2.34. The summed E-state index contributed by atoms with van der Waals surface area (Å²) in [6, 6.07) is 11.2. The average molecular weight is 322 g/mol. The molecule has 0 spiro atoms. The fraction of sp³-hybridized carbons (Fsp3) is 0.333. The van der Waals surface area contributed by atoms with E-state index in [4.69, 9.17) is 14.9 Å². The van der Waals surface area contributed by atoms with Gasteiger partial charge in [-0.15, -0.1) is 0 Å². The summed E-state index contributed by atoms with van der Waals surface area (Å²) in [4.78, 5) is 0. The Bertz CT molecular complexity index is 611. The third kappa shape index (κ3) is 4.74. The van der Waals surface area contributed by atoms with E-state index in [1.165, 1.54) is 6.07 Å². The highest BCUT2D eigenvalue weighted by atomic mass is 19.1. The molecule has 2 rings (SSSR count). The number of hydrogen-bond donors (Lipinski definition) is 2. The third-order valence-electron chi connectivity index (χ3n) is 3.66. The second kappa shape index (κ2) is 8.60. The van der Waals surface area contributed by atoms with Gasteiger partial charge in [-0.1, -0.05) is 30.3 Å². The first kappa shape index (κ1) is 17.4. The number of ether oxygens (including phenoxy) is 1. The largest absolute Gasteiger partial charge is 0.486 e. The van der Waals surface area contributed by atoms with E-state index in [1.807, 2.05) is 30.3 Å². The van der Waals surface area contributed by atoms with Crippen LogP contribution in [0.4, 0.5) is 8.78 Å². The SMILES string of the molecule is OCCC(CCO)c1cc(F)cc(F)c1OCc1ccccc1. The van der Waals surface area contributed by atoms with Crippen LogP contribution in [0.25, 0.3) is 0 Å². The van der Waals surface area contributed by atoms with Gasteiger partial charge < -0.3 is 14.9 Å². The van der Waals surface area contributed by atoms with E-state index in [0.717, 1.165) is 11.6 Å². The maximum Gasteiger partial charge on any atom is 0.168 e. The maximum atomic E-state index is 14.2. The Hall–Kier alpha value is -1.98. The monoisotopic (exact) mass is 322 g/mol. The molecule has 0 aliphatic rings. The molecule has 0 bridgehead atoms. The Morgan fingerprint density at radius 1 is 0.957 bits per heavy atom. The molecule has 2 aromatic rings. The molecule has 2 aromatic carbocycles. The fourth-order valence-electron chi connectivity index (χ4n) is 2.53. The Labute approximate surface area is 134 Å². The lowest BCUT2D eigenvalue weighted by Gasteiger charge is -2.20. The smallest absolute Gasteiger partial charge is 0.168 e. The van der Waals surface area contributed by atoms with Crippen LogP contribution in [0.1, 0.15) is 29.9 Å². The third-order valence-corrected chi connectivity index (χ3v) is 3.66. The van der Waals surface area contributed by atoms with Crippen molar-refractivity contribution in [3.63, 3.8) is 0 Å². The summed E-state index contributed by atoms with van der Waals surface area (Å²) in [6.07, 6.45) is 0.594. The van der Waals surface area contributed by atoms with Gasteiger partial charge in [0.1, 0.15) is 12.4 Å². The molecule has 0 aliphatic carbocycles. The van der Waals surface area contributed by atoms with Crippen LogP contribution in [0.2, 0.25) is 0 Å². The second-order valence-corrected chi connectivity index (χ2v) is 5.30. The van der Waals surface area contributed by atoms with Gasteiger partial charge in [0, 0.05) is 24.8 Å². The number of halogens is 2. The van der Waals surface area contributed by atoms with Gasteiger partial charge in [-0.25, -0.2) is 8.78 Å². The van der Waals surface area contributed by atoms with Crippen molar-refractivity contribution < 1.29 is 23.7 Å². The quantitative estimate of drug-likeness (QED) is 0.783. The van der Waals surface area contributed by atoms with Gasteiger partial charge in [-0.2, -0.15) is 0 Å². The van der Waals surface area contributed by atoms with Crippen molar-refractivity contribution in [2.45, 2.75) is 25.4 Å². The van der Waals surface area contributed by atoms with Gasteiger partial charge in [0.2, 0.25) is 0 Å². The molecule has 5 heteroatoms. The van der Waals surface area contributed by atoms with E-state index in [9.17, 15) is 8.78 Å². The summed E-state index contributed by atoms with van der Waals surface area (Å²) < 4.78 is 33.3. The van der Waals surface area contributed by atoms with Gasteiger partial charge in [0.25, 0.3) is 0 Å². The van der Waals surface area contributed by atoms with Gasteiger partial charge in [0.05, 0.1) is 0 Å². The van der Waals surface area contributed by atoms with Crippen LogP contribution in [0.15, 0.2) is 42.5 Å². The van der Waals surface area contributed by atoms with E-state index in [1.54, 1.807) is 0 Å². The minimum absolute atomic E-state index is 0.0258. The molecule has 23 heavy (non-hydrogen) atoms. The first-order valence-electron chi connectivity index (χ1n) is 7.53. The fourth-order valence-corrected chi connectivity index (χ4v) is 2.53. The lowest BCUT2D eigenvalue weighted by atomic mass is 9.92. The van der Waals surface area contributed by atoms with Gasteiger partial charge in [0.15, 0.2) is 11.6 Å². The van der Waals surface area contributed by atoms with E-state index in [2.05, 4.69) is 0 Å². The molecule has 0 fully saturated rings. The number of aliphatic hydroxyl groups excluding tert-OH is 2. The Kier molecular flexibility index (Phi) is 6.50. The van der Waals surface area contributed by atoms with Crippen molar-refractivity contribution in [1.29, 1.82) is 0 Å². The van der Waals surface area contributed by atoms with E-state index in [0.29, 0.717) is 18.4 Å². The molecule has 0 saturated heterocycles. The topological polar surface area (TPSA) is 49.7 Å². The highest BCUT2D eigenvalue weighted by molar-refractivity contribution is 5.38. The minimum Gasteiger partial charge on any atom is -0.486 e. The van der Waals surface area contributed by atoms with Crippen molar-refractivity contribution in [3.8, 4) is 5.75 Å². The van der Waals surface area contributed by atoms with Crippen LogP contribution < -0.4 is 4.74 Å². The Balaban J connectivity index is 2.29. The molecule has 0 aliphatic heterocycles. The van der Waals surface area contributed by atoms with Crippen LogP contribution in [0.5, 0.6) is 5.75 Å². The number of rotatable bonds is 8. The predicted molar refractivity (Wildman–Crippen MR) is 83.3 cm³/mol. The van der Waals surface area contributed by atoms with Crippen molar-refractivity contribution in [1.82, 2.24) is 0 Å². The van der Waals surface area contributed by atoms with Crippen LogP contribution >= 0.6 is 0 Å². The molecule has 0 heterocycles. The van der Waals surface area contributed by atoms with Crippen LogP contribution in [0, 0.1) is 11.6 Å². The normalized spacial score (nSPS) is 11.0. The molecule has 0 amide bonds. The predicted octanol–water partition coefficient (Wildman–Crippen LogP) is 3.39. The lowest BCUT2D eigenvalue weighted by molar-refractivity contribution is 0.235. The second-order valence-electron chi connectivity index (χ2n) is 5.30. The van der Waals surface area contributed by atoms with Crippen LogP contribution in [-0.4, -0.2) is 23.4 Å². The standard InChI is InChI=1S/C18H20F2O3/c19-15-10-16(14(6-8-21)7-9-22)18(17(20)11-15)23-12-13-4-2-1-3-5-13/h1-5,10-11,14,21-22H,6-9,12H2. The van der Waals surface area contributed by atoms with Crippen molar-refractivity contribution in [3.05, 3.63) is 65.2 Å². The molecule has 0 unspecified atom stereocenters. The number of benzene rings is 2. The van der Waals surface area contributed by atoms with E-state index in [-0.39, 0.29) is 31.5 Å². The zero-order chi connectivity index (χ0) is 16.7. The summed E-state index contributed by atoms with van der Waals surface area (Å²) in [7, 11) is 0. The molecular weight excluding hydrogens is 302 g/mol. The van der Waals surface area contributed by atoms with Crippen molar-refractivity contribution in [2.75, 3.05) is 13.2 Å². The first-order chi connectivity index (χ1) is 11.2. The summed E-state index contributed by atoms with van der Waals surface area (Å²) in [6.45, 7) is -0.122. The Morgan fingerprint density at radius 3 is 2.22 bits per heavy atom. The van der Waals surface area contributed by atoms with E-state index >= 15 is 0 Å². The van der Waals surface area contributed by atoms with Gasteiger partial charge >= 0.3 is 0 Å². The zero-order valence-electron chi connectivity index (χ0n) is 12.7. The summed E-state index contributed by atoms with van der Waals surface area (Å²) in [5.74, 6) is -1.88. The minimum atomic E-state index is -0.781. The number of aliphatic hydroxyl groups is 2. The van der Waals surface area contributed by atoms with Crippen molar-refractivity contribution >= 4 is 0 Å². The lowest BCUT2D eigenvalue weighted by Crippen LogP contribution is -2.09. The summed E-state index contributed by atoms with van der Waals surface area (Å²) >= 11 is 0. The van der Waals surface area contributed by atoms with Crippen molar-refractivity contribution in [2.24, 2.45) is 0 Å². The number of hydrogen-bond acceptors (Lipinski definition) is 3. The van der Waals surface area contributed by atoms with Gasteiger partial charge in [-0.05, 0) is 30.4 Å². The summed E-state index contributed by atoms with van der Waals surface area (Å²) in [5.41, 5.74) is 1.20. The highest BCUT2D eigenvalue weighted by Gasteiger charge is 2.21. The molecule has 0 radical (unpaired) electrons. The molecular formula is C18H20F2O3. The molecule has 0 atom stereocenters. The zero-order valence-corrected chi connectivity index (χ0v) is 12.7. The van der Waals surface area contributed by atoms with E-state index < -0.39 is 11.6 Å². The molecule has 2 N–H and O–H groups in total. The Morgan fingerprint density at radius 2 is 1.61 bits per heavy atom. The maximum absolute atomic E-state index is 14.2. The molecule has 0 aromatic heterocycles. The van der Waals surface area contributed by atoms with Gasteiger partial charge in [-0.3, -0.25) is 0 Å². The summed E-state index contributed by atoms with van der Waals surface area (Å²) in [5, 5.41) is 18.3. The average Bonchev–Trinajstić information content (AvgIpc) is 2.54. The van der Waals surface area contributed by atoms with Crippen LogP contribution in [-0.2, 0) is 6.61 Å². The first-order valence-corrected chi connectivity index (χ1v) is 7.53.